The Morgan fingerprint density at radius 3 is 2.62 bits per heavy atom. The highest BCUT2D eigenvalue weighted by molar-refractivity contribution is 7.99. The third kappa shape index (κ3) is 3.17. The number of benzene rings is 1. The number of ether oxygens (including phenoxy) is 1. The van der Waals surface area contributed by atoms with E-state index >= 15 is 0 Å². The largest absolute Gasteiger partial charge is 0.484 e. The van der Waals surface area contributed by atoms with Crippen LogP contribution in [0.25, 0.3) is 0 Å². The Bertz CT molecular complexity index is 336. The number of nitrogens with zero attached hydrogens (tertiary/aromatic N) is 1. The third-order valence-electron chi connectivity index (χ3n) is 2.47. The van der Waals surface area contributed by atoms with Crippen molar-refractivity contribution in [1.29, 1.82) is 0 Å². The first-order valence-corrected chi connectivity index (χ1v) is 6.55. The van der Waals surface area contributed by atoms with Gasteiger partial charge in [0, 0.05) is 24.6 Å². The van der Waals surface area contributed by atoms with E-state index in [0.29, 0.717) is 0 Å². The Hall–Kier alpha value is -1.16. The average Bonchev–Trinajstić information content (AvgIpc) is 2.38. The van der Waals surface area contributed by atoms with Crippen LogP contribution in [0.2, 0.25) is 0 Å². The van der Waals surface area contributed by atoms with Gasteiger partial charge in [0.15, 0.2) is 6.61 Å². The maximum atomic E-state index is 11.8. The Morgan fingerprint density at radius 2 is 1.94 bits per heavy atom. The second-order valence-corrected chi connectivity index (χ2v) is 4.82. The first kappa shape index (κ1) is 11.3. The van der Waals surface area contributed by atoms with Crippen LogP contribution >= 0.6 is 11.8 Å². The predicted molar refractivity (Wildman–Crippen MR) is 65.8 cm³/mol. The maximum absolute atomic E-state index is 11.8. The number of amides is 1. The van der Waals surface area contributed by atoms with Gasteiger partial charge in [-0.1, -0.05) is 18.2 Å². The van der Waals surface area contributed by atoms with Gasteiger partial charge in [0.2, 0.25) is 0 Å². The van der Waals surface area contributed by atoms with E-state index < -0.39 is 0 Å². The molecule has 0 N–H and O–H groups in total. The average molecular weight is 237 g/mol. The van der Waals surface area contributed by atoms with Crippen LogP contribution in [0, 0.1) is 0 Å². The summed E-state index contributed by atoms with van der Waals surface area (Å²) < 4.78 is 5.42. The molecule has 0 aliphatic carbocycles. The number of thioether (sulfide) groups is 1. The Labute approximate surface area is 99.8 Å². The smallest absolute Gasteiger partial charge is 0.260 e. The molecule has 86 valence electrons. The van der Waals surface area contributed by atoms with Crippen LogP contribution in [-0.4, -0.2) is 42.0 Å². The van der Waals surface area contributed by atoms with Crippen molar-refractivity contribution in [2.24, 2.45) is 0 Å². The molecule has 0 radical (unpaired) electrons. The Balaban J connectivity index is 1.79. The quantitative estimate of drug-likeness (QED) is 0.800. The zero-order chi connectivity index (χ0) is 11.2. The van der Waals surface area contributed by atoms with Crippen LogP contribution in [0.5, 0.6) is 5.75 Å². The summed E-state index contributed by atoms with van der Waals surface area (Å²) in [5.41, 5.74) is 0. The molecule has 0 atom stereocenters. The maximum Gasteiger partial charge on any atom is 0.260 e. The number of rotatable bonds is 3. The monoisotopic (exact) mass is 237 g/mol. The lowest BCUT2D eigenvalue weighted by Crippen LogP contribution is -2.40. The van der Waals surface area contributed by atoms with Crippen molar-refractivity contribution in [1.82, 2.24) is 4.90 Å². The van der Waals surface area contributed by atoms with Gasteiger partial charge < -0.3 is 9.64 Å². The van der Waals surface area contributed by atoms with Crippen molar-refractivity contribution in [3.8, 4) is 5.75 Å². The highest BCUT2D eigenvalue weighted by atomic mass is 32.2. The van der Waals surface area contributed by atoms with Gasteiger partial charge in [0.25, 0.3) is 5.91 Å². The molecule has 1 fully saturated rings. The molecular formula is C12H15NO2S. The van der Waals surface area contributed by atoms with E-state index in [1.807, 2.05) is 47.0 Å². The lowest BCUT2D eigenvalue weighted by Gasteiger charge is -2.26. The summed E-state index contributed by atoms with van der Waals surface area (Å²) in [6.45, 7) is 1.85. The summed E-state index contributed by atoms with van der Waals surface area (Å²) in [6, 6.07) is 9.45. The first-order valence-electron chi connectivity index (χ1n) is 5.39. The SMILES string of the molecule is O=C(COc1ccccc1)N1CCSCC1. The second kappa shape index (κ2) is 5.80. The lowest BCUT2D eigenvalue weighted by atomic mass is 10.3. The van der Waals surface area contributed by atoms with E-state index in [1.165, 1.54) is 0 Å². The van der Waals surface area contributed by atoms with Crippen LogP contribution in [0.3, 0.4) is 0 Å². The number of para-hydroxylation sites is 1. The number of hydrogen-bond acceptors (Lipinski definition) is 3. The van der Waals surface area contributed by atoms with E-state index in [0.717, 1.165) is 30.3 Å². The standard InChI is InChI=1S/C12H15NO2S/c14-12(13-6-8-16-9-7-13)10-15-11-4-2-1-3-5-11/h1-5H,6-10H2. The van der Waals surface area contributed by atoms with Crippen molar-refractivity contribution in [2.45, 2.75) is 0 Å². The zero-order valence-corrected chi connectivity index (χ0v) is 9.91. The second-order valence-electron chi connectivity index (χ2n) is 3.59. The van der Waals surface area contributed by atoms with Crippen LogP contribution in [0.1, 0.15) is 0 Å². The first-order chi connectivity index (χ1) is 7.86. The van der Waals surface area contributed by atoms with Crippen molar-refractivity contribution < 1.29 is 9.53 Å². The fourth-order valence-corrected chi connectivity index (χ4v) is 2.47. The summed E-state index contributed by atoms with van der Waals surface area (Å²) in [7, 11) is 0. The van der Waals surface area contributed by atoms with E-state index in [4.69, 9.17) is 4.74 Å². The Morgan fingerprint density at radius 1 is 1.25 bits per heavy atom. The fourth-order valence-electron chi connectivity index (χ4n) is 1.57. The number of carbonyl (C=O) groups excluding carboxylic acids is 1. The zero-order valence-electron chi connectivity index (χ0n) is 9.09. The molecule has 1 aromatic carbocycles. The molecule has 0 aromatic heterocycles. The molecule has 1 heterocycles. The molecule has 1 aromatic rings. The molecule has 3 nitrogen and oxygen atoms in total. The molecule has 1 amide bonds. The van der Waals surface area contributed by atoms with Gasteiger partial charge in [-0.2, -0.15) is 11.8 Å². The van der Waals surface area contributed by atoms with Crippen molar-refractivity contribution in [3.63, 3.8) is 0 Å². The highest BCUT2D eigenvalue weighted by Crippen LogP contribution is 2.11. The molecule has 1 saturated heterocycles. The van der Waals surface area contributed by atoms with Gasteiger partial charge in [0.1, 0.15) is 5.75 Å². The van der Waals surface area contributed by atoms with Crippen LogP contribution < -0.4 is 4.74 Å². The summed E-state index contributed by atoms with van der Waals surface area (Å²) in [4.78, 5) is 13.6. The van der Waals surface area contributed by atoms with Gasteiger partial charge in [-0.25, -0.2) is 0 Å². The van der Waals surface area contributed by atoms with Crippen molar-refractivity contribution in [2.75, 3.05) is 31.2 Å². The van der Waals surface area contributed by atoms with E-state index in [9.17, 15) is 4.79 Å². The number of carbonyl (C=O) groups is 1. The molecule has 0 bridgehead atoms. The van der Waals surface area contributed by atoms with Gasteiger partial charge in [0.05, 0.1) is 0 Å². The van der Waals surface area contributed by atoms with Crippen molar-refractivity contribution >= 4 is 17.7 Å². The molecular weight excluding hydrogens is 222 g/mol. The Kier molecular flexibility index (Phi) is 4.10. The summed E-state index contributed by atoms with van der Waals surface area (Å²) in [6.07, 6.45) is 0. The fraction of sp³-hybridized carbons (Fsp3) is 0.417. The molecule has 0 unspecified atom stereocenters. The van der Waals surface area contributed by atoms with Gasteiger partial charge in [-0.3, -0.25) is 4.79 Å². The van der Waals surface area contributed by atoms with Gasteiger partial charge in [-0.05, 0) is 12.1 Å². The summed E-state index contributed by atoms with van der Waals surface area (Å²) >= 11 is 1.90. The molecule has 1 aliphatic rings. The third-order valence-corrected chi connectivity index (χ3v) is 3.41. The topological polar surface area (TPSA) is 29.5 Å². The molecule has 2 rings (SSSR count). The van der Waals surface area contributed by atoms with Gasteiger partial charge >= 0.3 is 0 Å². The molecule has 16 heavy (non-hydrogen) atoms. The number of hydrogen-bond donors (Lipinski definition) is 0. The summed E-state index contributed by atoms with van der Waals surface area (Å²) in [5.74, 6) is 2.92. The van der Waals surface area contributed by atoms with Crippen molar-refractivity contribution in [3.05, 3.63) is 30.3 Å². The van der Waals surface area contributed by atoms with E-state index in [2.05, 4.69) is 0 Å². The van der Waals surface area contributed by atoms with Gasteiger partial charge in [-0.15, -0.1) is 0 Å². The van der Waals surface area contributed by atoms with Crippen LogP contribution in [0.4, 0.5) is 0 Å². The molecule has 0 saturated carbocycles. The molecule has 0 spiro atoms. The lowest BCUT2D eigenvalue weighted by molar-refractivity contribution is -0.132. The normalized spacial score (nSPS) is 15.9. The molecule has 1 aliphatic heterocycles. The minimum absolute atomic E-state index is 0.0872. The highest BCUT2D eigenvalue weighted by Gasteiger charge is 2.16. The van der Waals surface area contributed by atoms with E-state index in [-0.39, 0.29) is 12.5 Å². The van der Waals surface area contributed by atoms with Crippen LogP contribution in [-0.2, 0) is 4.79 Å². The van der Waals surface area contributed by atoms with E-state index in [1.54, 1.807) is 0 Å². The minimum Gasteiger partial charge on any atom is -0.484 e. The summed E-state index contributed by atoms with van der Waals surface area (Å²) in [5, 5.41) is 0. The van der Waals surface area contributed by atoms with Crippen LogP contribution in [0.15, 0.2) is 30.3 Å². The molecule has 4 heteroatoms. The minimum atomic E-state index is 0.0872. The predicted octanol–water partition coefficient (Wildman–Crippen LogP) is 1.64.